The minimum absolute atomic E-state index is 0.587. The number of aryl methyl sites for hydroxylation is 2. The summed E-state index contributed by atoms with van der Waals surface area (Å²) in [5.74, 6) is 2.29. The van der Waals surface area contributed by atoms with Crippen LogP contribution in [0.25, 0.3) is 0 Å². The predicted octanol–water partition coefficient (Wildman–Crippen LogP) is 3.37. The van der Waals surface area contributed by atoms with E-state index in [1.165, 1.54) is 11.1 Å². The standard InChI is InChI=1S/C24H30N6O2/c1-18-4-5-22(14-19(18)2)32-23-15-20(6-8-26-23)16-27-24(25-3)30-11-9-29(10-12-30)17-21-7-13-31-28-21/h4-8,13-15H,9-12,16-17H2,1-3H3,(H,25,27). The number of hydrogen-bond acceptors (Lipinski definition) is 6. The quantitative estimate of drug-likeness (QED) is 0.471. The van der Waals surface area contributed by atoms with E-state index >= 15 is 0 Å². The second kappa shape index (κ2) is 10.3. The fourth-order valence-electron chi connectivity index (χ4n) is 3.69. The van der Waals surface area contributed by atoms with Gasteiger partial charge < -0.3 is 19.5 Å². The molecule has 168 valence electrons. The lowest BCUT2D eigenvalue weighted by Crippen LogP contribution is -2.52. The summed E-state index contributed by atoms with van der Waals surface area (Å²) in [5.41, 5.74) is 4.50. The van der Waals surface area contributed by atoms with E-state index in [2.05, 4.69) is 50.2 Å². The van der Waals surface area contributed by atoms with Crippen molar-refractivity contribution in [3.63, 3.8) is 0 Å². The fraction of sp³-hybridized carbons (Fsp3) is 0.375. The molecule has 8 heteroatoms. The van der Waals surface area contributed by atoms with Crippen LogP contribution in [0, 0.1) is 13.8 Å². The number of aliphatic imine (C=N–C) groups is 1. The highest BCUT2D eigenvalue weighted by Crippen LogP contribution is 2.22. The number of aromatic nitrogens is 2. The van der Waals surface area contributed by atoms with Crippen LogP contribution >= 0.6 is 0 Å². The highest BCUT2D eigenvalue weighted by Gasteiger charge is 2.20. The maximum absolute atomic E-state index is 5.96. The lowest BCUT2D eigenvalue weighted by molar-refractivity contribution is 0.169. The monoisotopic (exact) mass is 434 g/mol. The summed E-state index contributed by atoms with van der Waals surface area (Å²) in [5, 5.41) is 7.47. The van der Waals surface area contributed by atoms with Crippen molar-refractivity contribution in [1.29, 1.82) is 0 Å². The van der Waals surface area contributed by atoms with E-state index in [1.54, 1.807) is 12.5 Å². The van der Waals surface area contributed by atoms with Crippen molar-refractivity contribution < 1.29 is 9.26 Å². The van der Waals surface area contributed by atoms with Gasteiger partial charge in [0.25, 0.3) is 0 Å². The van der Waals surface area contributed by atoms with E-state index in [1.807, 2.05) is 37.4 Å². The van der Waals surface area contributed by atoms with Crippen molar-refractivity contribution in [3.8, 4) is 11.6 Å². The Kier molecular flexibility index (Phi) is 7.01. The first-order valence-corrected chi connectivity index (χ1v) is 10.9. The zero-order valence-electron chi connectivity index (χ0n) is 18.9. The maximum atomic E-state index is 5.96. The van der Waals surface area contributed by atoms with E-state index in [4.69, 9.17) is 9.26 Å². The normalized spacial score (nSPS) is 15.1. The summed E-state index contributed by atoms with van der Waals surface area (Å²) in [7, 11) is 1.82. The number of nitrogens with one attached hydrogen (secondary N) is 1. The van der Waals surface area contributed by atoms with Gasteiger partial charge >= 0.3 is 0 Å². The molecule has 8 nitrogen and oxygen atoms in total. The third-order valence-electron chi connectivity index (χ3n) is 5.71. The third-order valence-corrected chi connectivity index (χ3v) is 5.71. The van der Waals surface area contributed by atoms with Gasteiger partial charge in [0.1, 0.15) is 12.0 Å². The van der Waals surface area contributed by atoms with Gasteiger partial charge in [-0.25, -0.2) is 4.98 Å². The Bertz CT molecular complexity index is 1040. The summed E-state index contributed by atoms with van der Waals surface area (Å²) in [6.07, 6.45) is 3.40. The van der Waals surface area contributed by atoms with Crippen LogP contribution in [-0.4, -0.2) is 59.1 Å². The van der Waals surface area contributed by atoms with Gasteiger partial charge in [0.15, 0.2) is 5.96 Å². The van der Waals surface area contributed by atoms with Gasteiger partial charge in [-0.3, -0.25) is 9.89 Å². The SMILES string of the molecule is CN=C(NCc1ccnc(Oc2ccc(C)c(C)c2)c1)N1CCN(Cc2ccon2)CC1. The number of piperazine rings is 1. The lowest BCUT2D eigenvalue weighted by atomic mass is 10.1. The lowest BCUT2D eigenvalue weighted by Gasteiger charge is -2.36. The molecule has 1 aliphatic rings. The van der Waals surface area contributed by atoms with Crippen LogP contribution in [0.3, 0.4) is 0 Å². The summed E-state index contributed by atoms with van der Waals surface area (Å²) in [4.78, 5) is 13.5. The van der Waals surface area contributed by atoms with E-state index in [9.17, 15) is 0 Å². The second-order valence-corrected chi connectivity index (χ2v) is 8.01. The Hall–Kier alpha value is -3.39. The molecule has 0 amide bonds. The molecular formula is C24H30N6O2. The largest absolute Gasteiger partial charge is 0.439 e. The Morgan fingerprint density at radius 1 is 1.09 bits per heavy atom. The highest BCUT2D eigenvalue weighted by molar-refractivity contribution is 5.80. The van der Waals surface area contributed by atoms with Crippen LogP contribution in [0.15, 0.2) is 58.4 Å². The van der Waals surface area contributed by atoms with Gasteiger partial charge in [-0.15, -0.1) is 0 Å². The van der Waals surface area contributed by atoms with Crippen molar-refractivity contribution in [2.24, 2.45) is 4.99 Å². The van der Waals surface area contributed by atoms with Crippen LogP contribution in [0.2, 0.25) is 0 Å². The fourth-order valence-corrected chi connectivity index (χ4v) is 3.69. The summed E-state index contributed by atoms with van der Waals surface area (Å²) in [6.45, 7) is 9.37. The molecule has 0 unspecified atom stereocenters. The first-order valence-electron chi connectivity index (χ1n) is 10.9. The molecule has 3 aromatic rings. The zero-order chi connectivity index (χ0) is 22.3. The number of nitrogens with zero attached hydrogens (tertiary/aromatic N) is 5. The van der Waals surface area contributed by atoms with Crippen LogP contribution in [0.1, 0.15) is 22.4 Å². The van der Waals surface area contributed by atoms with E-state index < -0.39 is 0 Å². The molecule has 0 aliphatic carbocycles. The van der Waals surface area contributed by atoms with Crippen molar-refractivity contribution in [2.75, 3.05) is 33.2 Å². The topological polar surface area (TPSA) is 79.0 Å². The van der Waals surface area contributed by atoms with Gasteiger partial charge in [-0.1, -0.05) is 11.2 Å². The summed E-state index contributed by atoms with van der Waals surface area (Å²) < 4.78 is 10.9. The van der Waals surface area contributed by atoms with E-state index in [-0.39, 0.29) is 0 Å². The van der Waals surface area contributed by atoms with Crippen molar-refractivity contribution >= 4 is 5.96 Å². The molecule has 1 aromatic carbocycles. The molecule has 0 atom stereocenters. The molecule has 1 saturated heterocycles. The van der Waals surface area contributed by atoms with Crippen LogP contribution in [0.4, 0.5) is 0 Å². The predicted molar refractivity (Wildman–Crippen MR) is 124 cm³/mol. The molecule has 0 bridgehead atoms. The smallest absolute Gasteiger partial charge is 0.219 e. The molecule has 1 N–H and O–H groups in total. The Labute approximate surface area is 188 Å². The van der Waals surface area contributed by atoms with Crippen LogP contribution in [0.5, 0.6) is 11.6 Å². The number of benzene rings is 1. The van der Waals surface area contributed by atoms with Crippen molar-refractivity contribution in [1.82, 2.24) is 25.3 Å². The molecule has 2 aromatic heterocycles. The van der Waals surface area contributed by atoms with Gasteiger partial charge in [0.05, 0.1) is 5.69 Å². The average molecular weight is 435 g/mol. The number of hydrogen-bond donors (Lipinski definition) is 1. The number of rotatable bonds is 6. The van der Waals surface area contributed by atoms with Crippen LogP contribution < -0.4 is 10.1 Å². The number of pyridine rings is 1. The molecule has 1 aliphatic heterocycles. The van der Waals surface area contributed by atoms with Gasteiger partial charge in [0, 0.05) is 64.6 Å². The molecule has 4 rings (SSSR count). The van der Waals surface area contributed by atoms with Gasteiger partial charge in [-0.2, -0.15) is 0 Å². The second-order valence-electron chi connectivity index (χ2n) is 8.01. The van der Waals surface area contributed by atoms with E-state index in [0.29, 0.717) is 12.4 Å². The average Bonchev–Trinajstić information content (AvgIpc) is 3.31. The third kappa shape index (κ3) is 5.64. The molecular weight excluding hydrogens is 404 g/mol. The Morgan fingerprint density at radius 3 is 2.66 bits per heavy atom. The van der Waals surface area contributed by atoms with Crippen LogP contribution in [-0.2, 0) is 13.1 Å². The first kappa shape index (κ1) is 21.8. The first-order chi connectivity index (χ1) is 15.6. The highest BCUT2D eigenvalue weighted by atomic mass is 16.5. The minimum atomic E-state index is 0.587. The molecule has 0 saturated carbocycles. The Morgan fingerprint density at radius 2 is 1.94 bits per heavy atom. The number of guanidine groups is 1. The van der Waals surface area contributed by atoms with Crippen molar-refractivity contribution in [3.05, 3.63) is 71.2 Å². The molecule has 1 fully saturated rings. The maximum Gasteiger partial charge on any atom is 0.219 e. The zero-order valence-corrected chi connectivity index (χ0v) is 18.9. The van der Waals surface area contributed by atoms with E-state index in [0.717, 1.165) is 55.7 Å². The summed E-state index contributed by atoms with van der Waals surface area (Å²) in [6, 6.07) is 11.9. The molecule has 32 heavy (non-hydrogen) atoms. The summed E-state index contributed by atoms with van der Waals surface area (Å²) >= 11 is 0. The van der Waals surface area contributed by atoms with Gasteiger partial charge in [-0.05, 0) is 48.7 Å². The molecule has 0 spiro atoms. The molecule has 0 radical (unpaired) electrons. The van der Waals surface area contributed by atoms with Crippen molar-refractivity contribution in [2.45, 2.75) is 26.9 Å². The van der Waals surface area contributed by atoms with Gasteiger partial charge in [0.2, 0.25) is 5.88 Å². The Balaban J connectivity index is 1.29. The minimum Gasteiger partial charge on any atom is -0.439 e. The number of ether oxygens (including phenoxy) is 1. The molecule has 3 heterocycles.